The number of thiazole rings is 1. The van der Waals surface area contributed by atoms with Crippen LogP contribution >= 0.6 is 11.3 Å². The molecule has 98 valence electrons. The predicted molar refractivity (Wildman–Crippen MR) is 75.5 cm³/mol. The van der Waals surface area contributed by atoms with E-state index in [9.17, 15) is 0 Å². The minimum absolute atomic E-state index is 0.700. The van der Waals surface area contributed by atoms with Crippen LogP contribution in [0.1, 0.15) is 10.6 Å². The lowest BCUT2D eigenvalue weighted by Crippen LogP contribution is -2.21. The Morgan fingerprint density at radius 1 is 1.26 bits per heavy atom. The zero-order chi connectivity index (χ0) is 13.2. The SMILES string of the molecule is Cc1ncsc1CCN(C)c1ncnc2nc[nH]c12. The maximum Gasteiger partial charge on any atom is 0.182 e. The number of aromatic nitrogens is 5. The van der Waals surface area contributed by atoms with Gasteiger partial charge in [-0.25, -0.2) is 19.9 Å². The number of aryl methyl sites for hydroxylation is 1. The van der Waals surface area contributed by atoms with Gasteiger partial charge in [-0.2, -0.15) is 0 Å². The van der Waals surface area contributed by atoms with Gasteiger partial charge in [0.05, 0.1) is 17.5 Å². The molecular weight excluding hydrogens is 260 g/mol. The van der Waals surface area contributed by atoms with Gasteiger partial charge in [-0.3, -0.25) is 0 Å². The van der Waals surface area contributed by atoms with Gasteiger partial charge in [-0.05, 0) is 6.92 Å². The lowest BCUT2D eigenvalue weighted by Gasteiger charge is -2.17. The number of hydrogen-bond acceptors (Lipinski definition) is 6. The summed E-state index contributed by atoms with van der Waals surface area (Å²) in [5, 5.41) is 0. The average molecular weight is 274 g/mol. The first-order valence-electron chi connectivity index (χ1n) is 6.00. The molecule has 7 heteroatoms. The molecule has 3 rings (SSSR count). The molecular formula is C12H14N6S. The Hall–Kier alpha value is -2.02. The molecule has 0 unspecified atom stereocenters. The summed E-state index contributed by atoms with van der Waals surface area (Å²) in [5.41, 5.74) is 4.59. The van der Waals surface area contributed by atoms with Gasteiger partial charge >= 0.3 is 0 Å². The fourth-order valence-corrected chi connectivity index (χ4v) is 2.75. The van der Waals surface area contributed by atoms with Crippen molar-refractivity contribution in [1.29, 1.82) is 0 Å². The summed E-state index contributed by atoms with van der Waals surface area (Å²) in [4.78, 5) is 23.4. The maximum absolute atomic E-state index is 4.33. The first-order valence-corrected chi connectivity index (χ1v) is 6.88. The van der Waals surface area contributed by atoms with Crippen LogP contribution in [0.3, 0.4) is 0 Å². The van der Waals surface area contributed by atoms with E-state index in [0.717, 1.165) is 30.0 Å². The van der Waals surface area contributed by atoms with Gasteiger partial charge in [-0.1, -0.05) is 0 Å². The summed E-state index contributed by atoms with van der Waals surface area (Å²) in [5.74, 6) is 0.879. The van der Waals surface area contributed by atoms with Crippen LogP contribution in [0.5, 0.6) is 0 Å². The van der Waals surface area contributed by atoms with Crippen molar-refractivity contribution in [3.8, 4) is 0 Å². The molecule has 0 amide bonds. The van der Waals surface area contributed by atoms with Crippen LogP contribution in [0, 0.1) is 6.92 Å². The maximum atomic E-state index is 4.33. The second-order valence-corrected chi connectivity index (χ2v) is 5.27. The van der Waals surface area contributed by atoms with Gasteiger partial charge in [0.2, 0.25) is 0 Å². The van der Waals surface area contributed by atoms with E-state index in [-0.39, 0.29) is 0 Å². The molecule has 0 saturated carbocycles. The van der Waals surface area contributed by atoms with E-state index in [4.69, 9.17) is 0 Å². The fourth-order valence-electron chi connectivity index (χ4n) is 1.98. The van der Waals surface area contributed by atoms with E-state index in [2.05, 4.69) is 29.8 Å². The van der Waals surface area contributed by atoms with E-state index in [1.807, 2.05) is 19.5 Å². The van der Waals surface area contributed by atoms with Crippen LogP contribution in [0.4, 0.5) is 5.82 Å². The predicted octanol–water partition coefficient (Wildman–Crippen LogP) is 1.80. The topological polar surface area (TPSA) is 70.6 Å². The van der Waals surface area contributed by atoms with Crippen LogP contribution in [-0.2, 0) is 6.42 Å². The molecule has 0 aliphatic carbocycles. The van der Waals surface area contributed by atoms with Gasteiger partial charge in [0, 0.05) is 24.9 Å². The van der Waals surface area contributed by atoms with Crippen molar-refractivity contribution < 1.29 is 0 Å². The standard InChI is InChI=1S/C12H14N6S/c1-8-9(19-7-17-8)3-4-18(2)12-10-11(14-5-13-10)15-6-16-12/h5-7H,3-4H2,1-2H3,(H,13,14,15,16). The molecule has 0 bridgehead atoms. The number of imidazole rings is 1. The molecule has 0 aliphatic heterocycles. The molecule has 3 aromatic rings. The molecule has 0 atom stereocenters. The Bertz CT molecular complexity index is 688. The molecule has 0 aromatic carbocycles. The summed E-state index contributed by atoms with van der Waals surface area (Å²) < 4.78 is 0. The monoisotopic (exact) mass is 274 g/mol. The quantitative estimate of drug-likeness (QED) is 0.785. The number of aromatic amines is 1. The largest absolute Gasteiger partial charge is 0.357 e. The normalized spacial score (nSPS) is 11.1. The number of H-pyrrole nitrogens is 1. The molecule has 0 fully saturated rings. The van der Waals surface area contributed by atoms with E-state index in [0.29, 0.717) is 5.65 Å². The van der Waals surface area contributed by atoms with Gasteiger partial charge in [0.15, 0.2) is 11.5 Å². The van der Waals surface area contributed by atoms with Crippen molar-refractivity contribution in [2.45, 2.75) is 13.3 Å². The van der Waals surface area contributed by atoms with Crippen LogP contribution in [0.2, 0.25) is 0 Å². The molecule has 0 radical (unpaired) electrons. The molecule has 0 saturated heterocycles. The summed E-state index contributed by atoms with van der Waals surface area (Å²) >= 11 is 1.70. The van der Waals surface area contributed by atoms with Crippen LogP contribution in [-0.4, -0.2) is 38.5 Å². The van der Waals surface area contributed by atoms with Gasteiger partial charge in [0.25, 0.3) is 0 Å². The van der Waals surface area contributed by atoms with Crippen molar-refractivity contribution >= 4 is 28.3 Å². The van der Waals surface area contributed by atoms with Crippen molar-refractivity contribution in [3.63, 3.8) is 0 Å². The smallest absolute Gasteiger partial charge is 0.182 e. The molecule has 3 aromatic heterocycles. The van der Waals surface area contributed by atoms with E-state index in [1.54, 1.807) is 24.0 Å². The number of fused-ring (bicyclic) bond motifs is 1. The van der Waals surface area contributed by atoms with E-state index >= 15 is 0 Å². The minimum Gasteiger partial charge on any atom is -0.357 e. The van der Waals surface area contributed by atoms with Gasteiger partial charge in [-0.15, -0.1) is 11.3 Å². The third kappa shape index (κ3) is 2.28. The summed E-state index contributed by atoms with van der Waals surface area (Å²) in [7, 11) is 2.03. The van der Waals surface area contributed by atoms with E-state index < -0.39 is 0 Å². The third-order valence-corrected chi connectivity index (χ3v) is 4.08. The van der Waals surface area contributed by atoms with Crippen molar-refractivity contribution in [2.75, 3.05) is 18.5 Å². The molecule has 0 spiro atoms. The lowest BCUT2D eigenvalue weighted by atomic mass is 10.3. The van der Waals surface area contributed by atoms with E-state index in [1.165, 1.54) is 4.88 Å². The second-order valence-electron chi connectivity index (χ2n) is 4.33. The Kier molecular flexibility index (Phi) is 3.12. The van der Waals surface area contributed by atoms with Crippen LogP contribution in [0.25, 0.3) is 11.2 Å². The van der Waals surface area contributed by atoms with Gasteiger partial charge in [0.1, 0.15) is 11.8 Å². The highest BCUT2D eigenvalue weighted by molar-refractivity contribution is 7.09. The zero-order valence-electron chi connectivity index (χ0n) is 10.8. The second kappa shape index (κ2) is 4.93. The Morgan fingerprint density at radius 2 is 2.16 bits per heavy atom. The summed E-state index contributed by atoms with van der Waals surface area (Å²) in [6.45, 7) is 2.93. The number of nitrogens with zero attached hydrogens (tertiary/aromatic N) is 5. The first-order chi connectivity index (χ1) is 9.25. The number of rotatable bonds is 4. The van der Waals surface area contributed by atoms with Crippen LogP contribution in [0.15, 0.2) is 18.2 Å². The van der Waals surface area contributed by atoms with Gasteiger partial charge < -0.3 is 9.88 Å². The number of likely N-dealkylation sites (N-methyl/N-ethyl adjacent to an activating group) is 1. The number of anilines is 1. The summed E-state index contributed by atoms with van der Waals surface area (Å²) in [6, 6.07) is 0. The number of hydrogen-bond donors (Lipinski definition) is 1. The molecule has 3 heterocycles. The molecule has 6 nitrogen and oxygen atoms in total. The average Bonchev–Trinajstić information content (AvgIpc) is 3.04. The van der Waals surface area contributed by atoms with Crippen LogP contribution < -0.4 is 4.90 Å². The van der Waals surface area contributed by atoms with Crippen molar-refractivity contribution in [3.05, 3.63) is 28.7 Å². The van der Waals surface area contributed by atoms with Crippen molar-refractivity contribution in [2.24, 2.45) is 0 Å². The highest BCUT2D eigenvalue weighted by atomic mass is 32.1. The third-order valence-electron chi connectivity index (χ3n) is 3.08. The van der Waals surface area contributed by atoms with Crippen molar-refractivity contribution in [1.82, 2.24) is 24.9 Å². The Balaban J connectivity index is 1.79. The Morgan fingerprint density at radius 3 is 2.95 bits per heavy atom. The zero-order valence-corrected chi connectivity index (χ0v) is 11.6. The minimum atomic E-state index is 0.700. The molecule has 1 N–H and O–H groups in total. The summed E-state index contributed by atoms with van der Waals surface area (Å²) in [6.07, 6.45) is 4.16. The highest BCUT2D eigenvalue weighted by Crippen LogP contribution is 2.19. The Labute approximate surface area is 114 Å². The molecule has 19 heavy (non-hydrogen) atoms. The fraction of sp³-hybridized carbons (Fsp3) is 0.333. The number of nitrogens with one attached hydrogen (secondary N) is 1. The first kappa shape index (κ1) is 12.0. The highest BCUT2D eigenvalue weighted by Gasteiger charge is 2.11. The lowest BCUT2D eigenvalue weighted by molar-refractivity contribution is 0.863. The molecule has 0 aliphatic rings.